The molecule has 1 heterocycles. The van der Waals surface area contributed by atoms with Crippen LogP contribution in [0.5, 0.6) is 5.75 Å². The summed E-state index contributed by atoms with van der Waals surface area (Å²) in [6.07, 6.45) is 1.11. The van der Waals surface area contributed by atoms with Gasteiger partial charge in [0.25, 0.3) is 5.56 Å². The molecular weight excluding hydrogens is 255 g/mol. The number of benzene rings is 1. The van der Waals surface area contributed by atoms with E-state index in [9.17, 15) is 14.3 Å². The van der Waals surface area contributed by atoms with Crippen molar-refractivity contribution in [1.29, 1.82) is 0 Å². The number of phenolic OH excluding ortho intramolecular Hbond substituents is 1. The summed E-state index contributed by atoms with van der Waals surface area (Å²) < 4.78 is 13.4. The van der Waals surface area contributed by atoms with Crippen molar-refractivity contribution in [2.24, 2.45) is 0 Å². The minimum absolute atomic E-state index is 0.0287. The fourth-order valence-electron chi connectivity index (χ4n) is 1.17. The molecule has 72 valence electrons. The van der Waals surface area contributed by atoms with Gasteiger partial charge in [-0.1, -0.05) is 0 Å². The molecule has 0 radical (unpaired) electrons. The zero-order chi connectivity index (χ0) is 10.3. The molecule has 2 rings (SSSR count). The summed E-state index contributed by atoms with van der Waals surface area (Å²) in [7, 11) is 0. The molecular formula is C8H4BrFN2O2. The van der Waals surface area contributed by atoms with Crippen molar-refractivity contribution in [3.63, 3.8) is 0 Å². The Morgan fingerprint density at radius 3 is 3.00 bits per heavy atom. The van der Waals surface area contributed by atoms with Crippen LogP contribution >= 0.6 is 15.9 Å². The molecule has 0 saturated carbocycles. The van der Waals surface area contributed by atoms with Crippen molar-refractivity contribution < 1.29 is 9.50 Å². The normalized spacial score (nSPS) is 10.7. The van der Waals surface area contributed by atoms with Crippen LogP contribution in [-0.4, -0.2) is 15.1 Å². The average Bonchev–Trinajstić information content (AvgIpc) is 2.14. The number of nitrogens with one attached hydrogen (secondary N) is 1. The van der Waals surface area contributed by atoms with Crippen LogP contribution in [0.15, 0.2) is 21.7 Å². The minimum atomic E-state index is -0.729. The van der Waals surface area contributed by atoms with Gasteiger partial charge in [-0.05, 0) is 22.0 Å². The molecule has 0 amide bonds. The molecule has 2 aromatic rings. The van der Waals surface area contributed by atoms with Gasteiger partial charge in [0, 0.05) is 0 Å². The Balaban J connectivity index is 3.11. The van der Waals surface area contributed by atoms with Gasteiger partial charge < -0.3 is 10.1 Å². The van der Waals surface area contributed by atoms with Crippen LogP contribution in [-0.2, 0) is 0 Å². The molecule has 6 heteroatoms. The van der Waals surface area contributed by atoms with Gasteiger partial charge in [0.2, 0.25) is 0 Å². The lowest BCUT2D eigenvalue weighted by Crippen LogP contribution is -2.08. The van der Waals surface area contributed by atoms with Crippen molar-refractivity contribution in [2.45, 2.75) is 0 Å². The molecule has 14 heavy (non-hydrogen) atoms. The first-order valence-electron chi connectivity index (χ1n) is 3.65. The third kappa shape index (κ3) is 1.19. The third-order valence-electron chi connectivity index (χ3n) is 1.79. The van der Waals surface area contributed by atoms with E-state index in [1.807, 2.05) is 0 Å². The van der Waals surface area contributed by atoms with Crippen LogP contribution in [0.4, 0.5) is 4.39 Å². The van der Waals surface area contributed by atoms with E-state index in [0.29, 0.717) is 0 Å². The monoisotopic (exact) mass is 258 g/mol. The molecule has 0 fully saturated rings. The van der Waals surface area contributed by atoms with E-state index in [1.54, 1.807) is 0 Å². The Morgan fingerprint density at radius 1 is 1.57 bits per heavy atom. The third-order valence-corrected chi connectivity index (χ3v) is 2.37. The fourth-order valence-corrected chi connectivity index (χ4v) is 1.58. The topological polar surface area (TPSA) is 66.0 Å². The van der Waals surface area contributed by atoms with E-state index in [-0.39, 0.29) is 21.1 Å². The first-order chi connectivity index (χ1) is 6.61. The molecule has 0 unspecified atom stereocenters. The van der Waals surface area contributed by atoms with Crippen molar-refractivity contribution in [3.8, 4) is 5.75 Å². The number of phenols is 1. The van der Waals surface area contributed by atoms with Gasteiger partial charge in [-0.15, -0.1) is 0 Å². The predicted molar refractivity (Wildman–Crippen MR) is 51.7 cm³/mol. The highest BCUT2D eigenvalue weighted by molar-refractivity contribution is 9.10. The van der Waals surface area contributed by atoms with Gasteiger partial charge in [0.15, 0.2) is 5.82 Å². The van der Waals surface area contributed by atoms with E-state index in [4.69, 9.17) is 0 Å². The van der Waals surface area contributed by atoms with Gasteiger partial charge in [0.1, 0.15) is 16.7 Å². The van der Waals surface area contributed by atoms with Crippen LogP contribution in [0.25, 0.3) is 10.9 Å². The highest BCUT2D eigenvalue weighted by atomic mass is 79.9. The Labute approximate surface area is 85.5 Å². The summed E-state index contributed by atoms with van der Waals surface area (Å²) in [6.45, 7) is 0. The largest absolute Gasteiger partial charge is 0.506 e. The van der Waals surface area contributed by atoms with E-state index in [2.05, 4.69) is 25.9 Å². The minimum Gasteiger partial charge on any atom is -0.506 e. The lowest BCUT2D eigenvalue weighted by molar-refractivity contribution is 0.478. The van der Waals surface area contributed by atoms with Crippen LogP contribution in [0.1, 0.15) is 0 Å². The van der Waals surface area contributed by atoms with Crippen LogP contribution < -0.4 is 5.56 Å². The maximum Gasteiger partial charge on any atom is 0.261 e. The van der Waals surface area contributed by atoms with E-state index in [1.165, 1.54) is 0 Å². The maximum absolute atomic E-state index is 13.4. The lowest BCUT2D eigenvalue weighted by Gasteiger charge is -2.01. The second kappa shape index (κ2) is 3.06. The van der Waals surface area contributed by atoms with Crippen molar-refractivity contribution in [1.82, 2.24) is 9.97 Å². The summed E-state index contributed by atoms with van der Waals surface area (Å²) in [5.41, 5.74) is -0.668. The van der Waals surface area contributed by atoms with Gasteiger partial charge in [0.05, 0.1) is 10.8 Å². The highest BCUT2D eigenvalue weighted by Crippen LogP contribution is 2.28. The van der Waals surface area contributed by atoms with Crippen LogP contribution in [0, 0.1) is 5.82 Å². The van der Waals surface area contributed by atoms with Crippen LogP contribution in [0.2, 0.25) is 0 Å². The Bertz CT molecular complexity index is 567. The van der Waals surface area contributed by atoms with Crippen LogP contribution in [0.3, 0.4) is 0 Å². The molecule has 0 aliphatic heterocycles. The number of aromatic nitrogens is 2. The summed E-state index contributed by atoms with van der Waals surface area (Å²) >= 11 is 2.89. The maximum atomic E-state index is 13.4. The molecule has 0 aliphatic carbocycles. The highest BCUT2D eigenvalue weighted by Gasteiger charge is 2.13. The zero-order valence-electron chi connectivity index (χ0n) is 6.71. The first-order valence-corrected chi connectivity index (χ1v) is 4.45. The average molecular weight is 259 g/mol. The Hall–Kier alpha value is -1.43. The van der Waals surface area contributed by atoms with Crippen molar-refractivity contribution in [2.75, 3.05) is 0 Å². The van der Waals surface area contributed by atoms with Gasteiger partial charge in [-0.3, -0.25) is 4.79 Å². The standard InChI is InChI=1S/C8H4BrFN2O2/c9-3-1-4(13)7-5(6(3)10)8(14)12-2-11-7/h1-2,13H,(H,11,12,14). The number of nitrogens with zero attached hydrogens (tertiary/aromatic N) is 1. The SMILES string of the molecule is O=c1[nH]cnc2c(O)cc(Br)c(F)c12. The first kappa shape index (κ1) is 9.14. The van der Waals surface area contributed by atoms with Gasteiger partial charge in [-0.25, -0.2) is 9.37 Å². The second-order valence-electron chi connectivity index (χ2n) is 2.65. The van der Waals surface area contributed by atoms with E-state index in [0.717, 1.165) is 12.4 Å². The lowest BCUT2D eigenvalue weighted by atomic mass is 10.2. The number of rotatable bonds is 0. The quantitative estimate of drug-likeness (QED) is 0.753. The van der Waals surface area contributed by atoms with E-state index >= 15 is 0 Å². The molecule has 2 N–H and O–H groups in total. The summed E-state index contributed by atoms with van der Waals surface area (Å²) in [5.74, 6) is -0.966. The van der Waals surface area contributed by atoms with Gasteiger partial charge >= 0.3 is 0 Å². The van der Waals surface area contributed by atoms with E-state index < -0.39 is 11.4 Å². The summed E-state index contributed by atoms with van der Waals surface area (Å²) in [5, 5.41) is 9.14. The second-order valence-corrected chi connectivity index (χ2v) is 3.50. The fraction of sp³-hybridized carbons (Fsp3) is 0. The van der Waals surface area contributed by atoms with Crippen molar-refractivity contribution in [3.05, 3.63) is 33.0 Å². The number of H-pyrrole nitrogens is 1. The molecule has 0 saturated heterocycles. The number of aromatic amines is 1. The molecule has 0 aliphatic rings. The molecule has 1 aromatic carbocycles. The Morgan fingerprint density at radius 2 is 2.29 bits per heavy atom. The molecule has 4 nitrogen and oxygen atoms in total. The molecule has 0 bridgehead atoms. The smallest absolute Gasteiger partial charge is 0.261 e. The van der Waals surface area contributed by atoms with Crippen molar-refractivity contribution >= 4 is 26.8 Å². The molecule has 0 spiro atoms. The van der Waals surface area contributed by atoms with Gasteiger partial charge in [-0.2, -0.15) is 0 Å². The summed E-state index contributed by atoms with van der Waals surface area (Å²) in [4.78, 5) is 17.1. The number of aromatic hydroxyl groups is 1. The summed E-state index contributed by atoms with van der Waals surface area (Å²) in [6, 6.07) is 1.16. The predicted octanol–water partition coefficient (Wildman–Crippen LogP) is 1.53. The molecule has 0 atom stereocenters. The number of hydrogen-bond donors (Lipinski definition) is 2. The number of fused-ring (bicyclic) bond motifs is 1. The zero-order valence-corrected chi connectivity index (χ0v) is 8.30. The Kier molecular flexibility index (Phi) is 1.99. The number of halogens is 2. The number of hydrogen-bond acceptors (Lipinski definition) is 3. The molecule has 1 aromatic heterocycles.